The minimum absolute atomic E-state index is 0.374. The maximum absolute atomic E-state index is 4.67. The van der Waals surface area contributed by atoms with Gasteiger partial charge in [-0.05, 0) is 48.8 Å². The lowest BCUT2D eigenvalue weighted by molar-refractivity contribution is 0.212. The van der Waals surface area contributed by atoms with Crippen LogP contribution < -0.4 is 5.32 Å². The van der Waals surface area contributed by atoms with E-state index >= 15 is 0 Å². The molecule has 0 saturated carbocycles. The minimum Gasteiger partial charge on any atom is -0.314 e. The lowest BCUT2D eigenvalue weighted by atomic mass is 9.76. The molecule has 0 aliphatic heterocycles. The molecule has 0 spiro atoms. The molecule has 0 fully saturated rings. The molecular formula is C18H30N2. The molecule has 1 N–H and O–H groups in total. The molecule has 1 aliphatic rings. The highest BCUT2D eigenvalue weighted by atomic mass is 14.9. The Balaban J connectivity index is 2.14. The first-order valence-electron chi connectivity index (χ1n) is 8.10. The van der Waals surface area contributed by atoms with Crippen molar-refractivity contribution in [2.24, 2.45) is 11.3 Å². The van der Waals surface area contributed by atoms with Crippen LogP contribution in [0.1, 0.15) is 64.6 Å². The number of hydrogen-bond acceptors (Lipinski definition) is 2. The maximum atomic E-state index is 4.67. The van der Waals surface area contributed by atoms with E-state index in [0.29, 0.717) is 23.3 Å². The molecule has 3 unspecified atom stereocenters. The Morgan fingerprint density at radius 2 is 2.15 bits per heavy atom. The van der Waals surface area contributed by atoms with Crippen LogP contribution in [0.2, 0.25) is 0 Å². The Morgan fingerprint density at radius 1 is 1.40 bits per heavy atom. The summed E-state index contributed by atoms with van der Waals surface area (Å²) in [5.74, 6) is 1.30. The van der Waals surface area contributed by atoms with Crippen molar-refractivity contribution < 1.29 is 0 Å². The Labute approximate surface area is 124 Å². The van der Waals surface area contributed by atoms with Gasteiger partial charge in [-0.1, -0.05) is 40.7 Å². The van der Waals surface area contributed by atoms with E-state index in [1.54, 1.807) is 0 Å². The summed E-state index contributed by atoms with van der Waals surface area (Å²) in [6, 6.07) is 4.88. The maximum Gasteiger partial charge on any atom is 0.0482 e. The van der Waals surface area contributed by atoms with E-state index in [0.717, 1.165) is 6.54 Å². The van der Waals surface area contributed by atoms with E-state index in [1.807, 2.05) is 6.20 Å². The monoisotopic (exact) mass is 274 g/mol. The molecule has 3 atom stereocenters. The van der Waals surface area contributed by atoms with Gasteiger partial charge in [-0.25, -0.2) is 0 Å². The van der Waals surface area contributed by atoms with Crippen LogP contribution in [0, 0.1) is 11.3 Å². The van der Waals surface area contributed by atoms with E-state index in [2.05, 4.69) is 57.1 Å². The second kappa shape index (κ2) is 6.26. The van der Waals surface area contributed by atoms with Crippen LogP contribution in [0.15, 0.2) is 18.3 Å². The minimum atomic E-state index is 0.374. The van der Waals surface area contributed by atoms with Crippen LogP contribution in [0.5, 0.6) is 0 Å². The highest BCUT2D eigenvalue weighted by Gasteiger charge is 2.33. The molecule has 1 aromatic rings. The molecule has 0 saturated heterocycles. The summed E-state index contributed by atoms with van der Waals surface area (Å²) in [6.07, 6.45) is 5.63. The van der Waals surface area contributed by atoms with Gasteiger partial charge in [-0.2, -0.15) is 0 Å². The van der Waals surface area contributed by atoms with Crippen molar-refractivity contribution in [1.29, 1.82) is 0 Å². The van der Waals surface area contributed by atoms with Crippen LogP contribution in [-0.4, -0.2) is 17.6 Å². The summed E-state index contributed by atoms with van der Waals surface area (Å²) in [5.41, 5.74) is 3.18. The van der Waals surface area contributed by atoms with Crippen molar-refractivity contribution in [2.45, 2.75) is 65.8 Å². The number of nitrogens with zero attached hydrogens (tertiary/aromatic N) is 1. The third-order valence-electron chi connectivity index (χ3n) is 5.04. The first-order chi connectivity index (χ1) is 9.43. The summed E-state index contributed by atoms with van der Waals surface area (Å²) in [7, 11) is 0. The predicted molar refractivity (Wildman–Crippen MR) is 86.0 cm³/mol. The molecule has 0 amide bonds. The fraction of sp³-hybridized carbons (Fsp3) is 0.722. The molecular weight excluding hydrogens is 244 g/mol. The number of nitrogens with one attached hydrogen (secondary N) is 1. The summed E-state index contributed by atoms with van der Waals surface area (Å²) in [6.45, 7) is 12.7. The van der Waals surface area contributed by atoms with Crippen LogP contribution >= 0.6 is 0 Å². The second-order valence-electron chi connectivity index (χ2n) is 7.36. The number of pyridine rings is 1. The van der Waals surface area contributed by atoms with E-state index in [1.165, 1.54) is 30.5 Å². The Bertz CT molecular complexity index is 433. The largest absolute Gasteiger partial charge is 0.314 e. The zero-order chi connectivity index (χ0) is 14.8. The molecule has 2 rings (SSSR count). The fourth-order valence-electron chi connectivity index (χ4n) is 3.22. The van der Waals surface area contributed by atoms with Gasteiger partial charge in [0, 0.05) is 23.9 Å². The Kier molecular flexibility index (Phi) is 4.85. The molecule has 20 heavy (non-hydrogen) atoms. The first kappa shape index (κ1) is 15.5. The first-order valence-corrected chi connectivity index (χ1v) is 8.10. The van der Waals surface area contributed by atoms with Gasteiger partial charge in [-0.15, -0.1) is 0 Å². The van der Waals surface area contributed by atoms with E-state index in [-0.39, 0.29) is 0 Å². The van der Waals surface area contributed by atoms with Crippen molar-refractivity contribution in [3.63, 3.8) is 0 Å². The highest BCUT2D eigenvalue weighted by molar-refractivity contribution is 5.30. The zero-order valence-corrected chi connectivity index (χ0v) is 13.7. The highest BCUT2D eigenvalue weighted by Crippen LogP contribution is 2.38. The molecule has 0 aromatic carbocycles. The van der Waals surface area contributed by atoms with Gasteiger partial charge < -0.3 is 5.32 Å². The van der Waals surface area contributed by atoms with Gasteiger partial charge in [0.05, 0.1) is 0 Å². The van der Waals surface area contributed by atoms with Gasteiger partial charge in [0.2, 0.25) is 0 Å². The molecule has 2 heteroatoms. The Hall–Kier alpha value is -0.890. The standard InChI is InChI=1S/C18H30N2/c1-6-19-16(12-13(2)18(3,4)5)15-10-9-14-8-7-11-20-17(14)15/h7-8,11,13,15-16,19H,6,9-10,12H2,1-5H3. The van der Waals surface area contributed by atoms with Gasteiger partial charge in [0.15, 0.2) is 0 Å². The number of rotatable bonds is 5. The van der Waals surface area contributed by atoms with Gasteiger partial charge in [0.25, 0.3) is 0 Å². The van der Waals surface area contributed by atoms with E-state index in [9.17, 15) is 0 Å². The number of likely N-dealkylation sites (N-methyl/N-ethyl adjacent to an activating group) is 1. The van der Waals surface area contributed by atoms with Crippen molar-refractivity contribution >= 4 is 0 Å². The van der Waals surface area contributed by atoms with Crippen molar-refractivity contribution in [2.75, 3.05) is 6.54 Å². The third kappa shape index (κ3) is 3.41. The molecule has 112 valence electrons. The average Bonchev–Trinajstić information content (AvgIpc) is 2.80. The summed E-state index contributed by atoms with van der Waals surface area (Å²) in [5, 5.41) is 3.73. The Morgan fingerprint density at radius 3 is 2.80 bits per heavy atom. The number of hydrogen-bond donors (Lipinski definition) is 1. The smallest absolute Gasteiger partial charge is 0.0482 e. The number of fused-ring (bicyclic) bond motifs is 1. The SMILES string of the molecule is CCNC(CC(C)C(C)(C)C)C1CCc2cccnc21. The topological polar surface area (TPSA) is 24.9 Å². The van der Waals surface area contributed by atoms with E-state index in [4.69, 9.17) is 0 Å². The quantitative estimate of drug-likeness (QED) is 0.872. The molecule has 1 aliphatic carbocycles. The predicted octanol–water partition coefficient (Wildman–Crippen LogP) is 4.16. The number of aromatic nitrogens is 1. The molecule has 0 bridgehead atoms. The molecule has 1 heterocycles. The second-order valence-corrected chi connectivity index (χ2v) is 7.36. The molecule has 1 aromatic heterocycles. The van der Waals surface area contributed by atoms with Crippen LogP contribution in [0.3, 0.4) is 0 Å². The number of aryl methyl sites for hydroxylation is 1. The molecule has 0 radical (unpaired) electrons. The van der Waals surface area contributed by atoms with Crippen molar-refractivity contribution in [1.82, 2.24) is 10.3 Å². The van der Waals surface area contributed by atoms with Gasteiger partial charge in [-0.3, -0.25) is 4.98 Å². The summed E-state index contributed by atoms with van der Waals surface area (Å²) >= 11 is 0. The normalized spacial score (nSPS) is 21.6. The zero-order valence-electron chi connectivity index (χ0n) is 13.7. The van der Waals surface area contributed by atoms with Crippen LogP contribution in [0.25, 0.3) is 0 Å². The van der Waals surface area contributed by atoms with Gasteiger partial charge >= 0.3 is 0 Å². The molecule has 2 nitrogen and oxygen atoms in total. The van der Waals surface area contributed by atoms with Crippen molar-refractivity contribution in [3.8, 4) is 0 Å². The van der Waals surface area contributed by atoms with Crippen LogP contribution in [0.4, 0.5) is 0 Å². The van der Waals surface area contributed by atoms with Crippen molar-refractivity contribution in [3.05, 3.63) is 29.6 Å². The van der Waals surface area contributed by atoms with Gasteiger partial charge in [0.1, 0.15) is 0 Å². The summed E-state index contributed by atoms with van der Waals surface area (Å²) in [4.78, 5) is 4.67. The van der Waals surface area contributed by atoms with E-state index < -0.39 is 0 Å². The lowest BCUT2D eigenvalue weighted by Gasteiger charge is -2.33. The third-order valence-corrected chi connectivity index (χ3v) is 5.04. The van der Waals surface area contributed by atoms with Crippen LogP contribution in [-0.2, 0) is 6.42 Å². The summed E-state index contributed by atoms with van der Waals surface area (Å²) < 4.78 is 0. The lowest BCUT2D eigenvalue weighted by Crippen LogP contribution is -2.38. The fourth-order valence-corrected chi connectivity index (χ4v) is 3.22. The average molecular weight is 274 g/mol.